The van der Waals surface area contributed by atoms with Crippen LogP contribution in [-0.4, -0.2) is 49.0 Å². The van der Waals surface area contributed by atoms with Crippen molar-refractivity contribution < 1.29 is 30.8 Å². The molecule has 3 aromatic rings. The van der Waals surface area contributed by atoms with Crippen LogP contribution in [0.3, 0.4) is 0 Å². The molecule has 0 unspecified atom stereocenters. The zero-order valence-electron chi connectivity index (χ0n) is 15.4. The molecule has 11 heteroatoms. The van der Waals surface area contributed by atoms with Crippen molar-refractivity contribution in [3.8, 4) is 17.1 Å². The summed E-state index contributed by atoms with van der Waals surface area (Å²) < 4.78 is 75.0. The highest BCUT2D eigenvalue weighted by molar-refractivity contribution is 7.89. The number of hydrogen-bond acceptors (Lipinski definition) is 6. The molecule has 0 atom stereocenters. The normalized spacial score (nSPS) is 15.3. The van der Waals surface area contributed by atoms with Crippen LogP contribution in [0.5, 0.6) is 5.75 Å². The first-order chi connectivity index (χ1) is 14.3. The number of alkyl halides is 2. The molecular formula is C19H16F3N3O4S. The molecule has 1 aliphatic rings. The summed E-state index contributed by atoms with van der Waals surface area (Å²) in [7, 11) is -3.94. The minimum Gasteiger partial charge on any atom is -0.486 e. The van der Waals surface area contributed by atoms with Crippen molar-refractivity contribution >= 4 is 10.0 Å². The van der Waals surface area contributed by atoms with Crippen LogP contribution in [-0.2, 0) is 10.0 Å². The third kappa shape index (κ3) is 4.03. The highest BCUT2D eigenvalue weighted by Gasteiger charge is 2.41. The summed E-state index contributed by atoms with van der Waals surface area (Å²) in [5, 5.41) is 3.85. The maximum Gasteiger partial charge on any atom is 0.272 e. The van der Waals surface area contributed by atoms with Crippen LogP contribution in [0.15, 0.2) is 57.9 Å². The fourth-order valence-electron chi connectivity index (χ4n) is 2.98. The first-order valence-electron chi connectivity index (χ1n) is 8.94. The lowest BCUT2D eigenvalue weighted by Gasteiger charge is -2.36. The van der Waals surface area contributed by atoms with Crippen LogP contribution in [0, 0.1) is 5.82 Å². The van der Waals surface area contributed by atoms with Gasteiger partial charge in [0.05, 0.1) is 5.92 Å². The number of halogens is 3. The van der Waals surface area contributed by atoms with E-state index in [9.17, 15) is 21.6 Å². The van der Waals surface area contributed by atoms with E-state index in [1.54, 1.807) is 0 Å². The van der Waals surface area contributed by atoms with Gasteiger partial charge in [-0.15, -0.1) is 0 Å². The molecule has 0 N–H and O–H groups in total. The van der Waals surface area contributed by atoms with Crippen LogP contribution in [0.4, 0.5) is 13.2 Å². The van der Waals surface area contributed by atoms with Crippen LogP contribution in [0.25, 0.3) is 11.4 Å². The quantitative estimate of drug-likeness (QED) is 0.562. The Labute approximate surface area is 170 Å². The average Bonchev–Trinajstić information content (AvgIpc) is 3.15. The van der Waals surface area contributed by atoms with Gasteiger partial charge in [-0.05, 0) is 36.4 Å². The van der Waals surface area contributed by atoms with Crippen molar-refractivity contribution in [3.05, 3.63) is 60.2 Å². The molecule has 7 nitrogen and oxygen atoms in total. The predicted molar refractivity (Wildman–Crippen MR) is 99.1 cm³/mol. The van der Waals surface area contributed by atoms with Crippen LogP contribution >= 0.6 is 0 Å². The number of rotatable bonds is 7. The molecule has 4 rings (SSSR count). The second-order valence-corrected chi connectivity index (χ2v) is 8.54. The van der Waals surface area contributed by atoms with Crippen LogP contribution in [0.2, 0.25) is 0 Å². The predicted octanol–water partition coefficient (Wildman–Crippen LogP) is 3.31. The van der Waals surface area contributed by atoms with Gasteiger partial charge in [0.2, 0.25) is 21.7 Å². The summed E-state index contributed by atoms with van der Waals surface area (Å²) in [6.07, 6.45) is -2.72. The fourth-order valence-corrected chi connectivity index (χ4v) is 4.64. The number of nitrogens with zero attached hydrogens (tertiary/aromatic N) is 3. The van der Waals surface area contributed by atoms with Gasteiger partial charge < -0.3 is 9.26 Å². The molecule has 0 bridgehead atoms. The van der Waals surface area contributed by atoms with Gasteiger partial charge in [-0.2, -0.15) is 9.29 Å². The van der Waals surface area contributed by atoms with Gasteiger partial charge in [-0.1, -0.05) is 17.3 Å². The Hall–Kier alpha value is -2.92. The third-order valence-corrected chi connectivity index (χ3v) is 6.44. The van der Waals surface area contributed by atoms with E-state index in [4.69, 9.17) is 9.26 Å². The number of hydrogen-bond donors (Lipinski definition) is 0. The third-order valence-electron chi connectivity index (χ3n) is 4.57. The summed E-state index contributed by atoms with van der Waals surface area (Å²) >= 11 is 0. The highest BCUT2D eigenvalue weighted by Crippen LogP contribution is 2.35. The molecule has 0 radical (unpaired) electrons. The SMILES string of the molecule is O=S(=O)(c1ccccc1OCC(F)F)N1CC(c2nc(-c3ccc(F)cc3)no2)C1. The lowest BCUT2D eigenvalue weighted by molar-refractivity contribution is 0.0802. The molecule has 0 aliphatic carbocycles. The van der Waals surface area contributed by atoms with E-state index >= 15 is 0 Å². The van der Waals surface area contributed by atoms with E-state index in [-0.39, 0.29) is 47.2 Å². The molecule has 2 heterocycles. The van der Waals surface area contributed by atoms with Crippen LogP contribution in [0.1, 0.15) is 11.8 Å². The van der Waals surface area contributed by atoms with E-state index in [2.05, 4.69) is 10.1 Å². The molecule has 30 heavy (non-hydrogen) atoms. The summed E-state index contributed by atoms with van der Waals surface area (Å²) in [5.41, 5.74) is 0.570. The van der Waals surface area contributed by atoms with E-state index < -0.39 is 23.1 Å². The number of ether oxygens (including phenoxy) is 1. The van der Waals surface area contributed by atoms with Gasteiger partial charge in [0.1, 0.15) is 23.1 Å². The van der Waals surface area contributed by atoms with Crippen molar-refractivity contribution in [2.75, 3.05) is 19.7 Å². The Morgan fingerprint density at radius 3 is 2.53 bits per heavy atom. The number of para-hydroxylation sites is 1. The maximum atomic E-state index is 13.0. The molecule has 1 aromatic heterocycles. The van der Waals surface area contributed by atoms with Gasteiger partial charge in [0, 0.05) is 18.7 Å². The number of aromatic nitrogens is 2. The largest absolute Gasteiger partial charge is 0.486 e. The standard InChI is InChI=1S/C19H16F3N3O4S/c20-14-7-5-12(6-8-14)18-23-19(29-24-18)13-9-25(10-13)30(26,27)16-4-2-1-3-15(16)28-11-17(21)22/h1-8,13,17H,9-11H2. The molecule has 0 amide bonds. The van der Waals surface area contributed by atoms with Crippen molar-refractivity contribution in [1.82, 2.24) is 14.4 Å². The van der Waals surface area contributed by atoms with Gasteiger partial charge in [-0.25, -0.2) is 21.6 Å². The molecular weight excluding hydrogens is 423 g/mol. The Kier molecular flexibility index (Phi) is 5.48. The topological polar surface area (TPSA) is 85.5 Å². The zero-order chi connectivity index (χ0) is 21.3. The van der Waals surface area contributed by atoms with E-state index in [1.165, 1.54) is 52.8 Å². The minimum absolute atomic E-state index is 0.0938. The highest BCUT2D eigenvalue weighted by atomic mass is 32.2. The average molecular weight is 439 g/mol. The fraction of sp³-hybridized carbons (Fsp3) is 0.263. The van der Waals surface area contributed by atoms with Crippen molar-refractivity contribution in [3.63, 3.8) is 0 Å². The lowest BCUT2D eigenvalue weighted by Crippen LogP contribution is -2.48. The van der Waals surface area contributed by atoms with Crippen molar-refractivity contribution in [2.24, 2.45) is 0 Å². The van der Waals surface area contributed by atoms with Gasteiger partial charge >= 0.3 is 0 Å². The zero-order valence-corrected chi connectivity index (χ0v) is 16.2. The molecule has 2 aromatic carbocycles. The first kappa shape index (κ1) is 20.4. The lowest BCUT2D eigenvalue weighted by atomic mass is 10.0. The van der Waals surface area contributed by atoms with E-state index in [0.29, 0.717) is 5.56 Å². The summed E-state index contributed by atoms with van der Waals surface area (Å²) in [6.45, 7) is -0.712. The second kappa shape index (κ2) is 8.07. The van der Waals surface area contributed by atoms with Crippen molar-refractivity contribution in [2.45, 2.75) is 17.2 Å². The van der Waals surface area contributed by atoms with Gasteiger partial charge in [0.25, 0.3) is 6.43 Å². The molecule has 1 aliphatic heterocycles. The molecule has 158 valence electrons. The Bertz CT molecular complexity index is 1130. The molecule has 0 spiro atoms. The van der Waals surface area contributed by atoms with Gasteiger partial charge in [0.15, 0.2) is 0 Å². The number of benzene rings is 2. The molecule has 1 fully saturated rings. The summed E-state index contributed by atoms with van der Waals surface area (Å²) in [4.78, 5) is 4.08. The smallest absolute Gasteiger partial charge is 0.272 e. The Morgan fingerprint density at radius 1 is 1.13 bits per heavy atom. The summed E-state index contributed by atoms with van der Waals surface area (Å²) in [6, 6.07) is 11.2. The maximum absolute atomic E-state index is 13.0. The van der Waals surface area contributed by atoms with Crippen molar-refractivity contribution in [1.29, 1.82) is 0 Å². The molecule has 1 saturated heterocycles. The second-order valence-electron chi connectivity index (χ2n) is 6.63. The first-order valence-corrected chi connectivity index (χ1v) is 10.4. The van der Waals surface area contributed by atoms with Gasteiger partial charge in [-0.3, -0.25) is 0 Å². The Balaban J connectivity index is 1.46. The monoisotopic (exact) mass is 439 g/mol. The van der Waals surface area contributed by atoms with E-state index in [1.807, 2.05) is 0 Å². The number of sulfonamides is 1. The minimum atomic E-state index is -3.94. The molecule has 0 saturated carbocycles. The van der Waals surface area contributed by atoms with E-state index in [0.717, 1.165) is 0 Å². The van der Waals surface area contributed by atoms with Crippen LogP contribution < -0.4 is 4.74 Å². The Morgan fingerprint density at radius 2 is 1.83 bits per heavy atom. The summed E-state index contributed by atoms with van der Waals surface area (Å²) in [5.74, 6) is -0.284.